The molecule has 1 heterocycles. The van der Waals surface area contributed by atoms with Crippen LogP contribution in [-0.2, 0) is 26.1 Å². The number of nitrogens with one attached hydrogen (secondary N) is 1. The van der Waals surface area contributed by atoms with Crippen molar-refractivity contribution in [3.63, 3.8) is 0 Å². The zero-order chi connectivity index (χ0) is 19.9. The molecule has 0 aliphatic rings. The molecule has 6 nitrogen and oxygen atoms in total. The first kappa shape index (κ1) is 21.5. The van der Waals surface area contributed by atoms with E-state index in [2.05, 4.69) is 5.32 Å². The van der Waals surface area contributed by atoms with E-state index in [0.29, 0.717) is 30.2 Å². The normalized spacial score (nSPS) is 11.7. The fourth-order valence-corrected chi connectivity index (χ4v) is 4.08. The summed E-state index contributed by atoms with van der Waals surface area (Å²) in [5.41, 5.74) is 0.535. The molecule has 8 heteroatoms. The Balaban J connectivity index is 1.87. The highest BCUT2D eigenvalue weighted by molar-refractivity contribution is 7.89. The van der Waals surface area contributed by atoms with Crippen molar-refractivity contribution in [2.45, 2.75) is 37.9 Å². The Labute approximate surface area is 164 Å². The molecule has 0 aliphatic heterocycles. The predicted octanol–water partition coefficient (Wildman–Crippen LogP) is 3.59. The van der Waals surface area contributed by atoms with E-state index in [4.69, 9.17) is 20.8 Å². The largest absolute Gasteiger partial charge is 0.455 e. The number of benzene rings is 1. The van der Waals surface area contributed by atoms with Gasteiger partial charge in [0.25, 0.3) is 5.91 Å². The first-order valence-corrected chi connectivity index (χ1v) is 10.9. The highest BCUT2D eigenvalue weighted by atomic mass is 35.5. The molecular formula is C19H24ClNO5S. The number of furan rings is 1. The van der Waals surface area contributed by atoms with E-state index in [0.717, 1.165) is 0 Å². The minimum absolute atomic E-state index is 0.0859. The summed E-state index contributed by atoms with van der Waals surface area (Å²) in [5, 5.41) is 3.12. The summed E-state index contributed by atoms with van der Waals surface area (Å²) in [5.74, 6) is -0.564. The lowest BCUT2D eigenvalue weighted by molar-refractivity contribution is 0.0753. The molecule has 148 valence electrons. The monoisotopic (exact) mass is 413 g/mol. The fraction of sp³-hybridized carbons (Fsp3) is 0.421. The maximum absolute atomic E-state index is 12.4. The molecule has 0 bridgehead atoms. The van der Waals surface area contributed by atoms with E-state index in [9.17, 15) is 13.2 Å². The summed E-state index contributed by atoms with van der Waals surface area (Å²) in [6.45, 7) is 4.90. The van der Waals surface area contributed by atoms with Crippen LogP contribution in [0.4, 0.5) is 0 Å². The van der Waals surface area contributed by atoms with Gasteiger partial charge >= 0.3 is 0 Å². The lowest BCUT2D eigenvalue weighted by atomic mass is 10.2. The molecule has 27 heavy (non-hydrogen) atoms. The molecule has 1 N–H and O–H groups in total. The van der Waals surface area contributed by atoms with Crippen LogP contribution in [0.25, 0.3) is 0 Å². The molecule has 0 atom stereocenters. The molecular weight excluding hydrogens is 390 g/mol. The van der Waals surface area contributed by atoms with Gasteiger partial charge in [-0.15, -0.1) is 0 Å². The van der Waals surface area contributed by atoms with Crippen LogP contribution in [0.15, 0.2) is 40.8 Å². The van der Waals surface area contributed by atoms with E-state index >= 15 is 0 Å². The summed E-state index contributed by atoms with van der Waals surface area (Å²) in [4.78, 5) is 12.0. The van der Waals surface area contributed by atoms with E-state index in [1.807, 2.05) is 13.8 Å². The fourth-order valence-electron chi connectivity index (χ4n) is 2.38. The SMILES string of the molecule is CC(C)OCCCNC(=O)c1ccc(CS(=O)(=O)Cc2ccccc2Cl)o1. The van der Waals surface area contributed by atoms with Gasteiger partial charge in [0.2, 0.25) is 0 Å². The van der Waals surface area contributed by atoms with Crippen molar-refractivity contribution in [1.82, 2.24) is 5.32 Å². The molecule has 0 saturated heterocycles. The molecule has 2 rings (SSSR count). The molecule has 1 aromatic heterocycles. The lowest BCUT2D eigenvalue weighted by Gasteiger charge is -2.07. The topological polar surface area (TPSA) is 85.6 Å². The maximum Gasteiger partial charge on any atom is 0.286 e. The van der Waals surface area contributed by atoms with Gasteiger partial charge in [-0.25, -0.2) is 8.42 Å². The molecule has 0 radical (unpaired) electrons. The minimum atomic E-state index is -3.48. The Morgan fingerprint density at radius 3 is 2.63 bits per heavy atom. The van der Waals surface area contributed by atoms with Crippen LogP contribution in [-0.4, -0.2) is 33.6 Å². The molecule has 1 aromatic carbocycles. The van der Waals surface area contributed by atoms with Gasteiger partial charge in [0, 0.05) is 18.2 Å². The standard InChI is InChI=1S/C19H24ClNO5S/c1-14(2)25-11-5-10-21-19(22)18-9-8-16(26-18)13-27(23,24)12-15-6-3-4-7-17(15)20/h3-4,6-9,14H,5,10-13H2,1-2H3,(H,21,22). The lowest BCUT2D eigenvalue weighted by Crippen LogP contribution is -2.25. The Morgan fingerprint density at radius 1 is 1.19 bits per heavy atom. The van der Waals surface area contributed by atoms with Gasteiger partial charge in [-0.3, -0.25) is 4.79 Å². The van der Waals surface area contributed by atoms with Crippen LogP contribution in [0.2, 0.25) is 5.02 Å². The van der Waals surface area contributed by atoms with E-state index in [-0.39, 0.29) is 35.0 Å². The van der Waals surface area contributed by atoms with Crippen LogP contribution in [0.3, 0.4) is 0 Å². The second-order valence-electron chi connectivity index (χ2n) is 6.42. The van der Waals surface area contributed by atoms with Gasteiger partial charge in [0.15, 0.2) is 15.6 Å². The maximum atomic E-state index is 12.4. The van der Waals surface area contributed by atoms with E-state index < -0.39 is 9.84 Å². The Kier molecular flexibility index (Phi) is 7.89. The third kappa shape index (κ3) is 7.36. The second-order valence-corrected chi connectivity index (χ2v) is 8.89. The van der Waals surface area contributed by atoms with Crippen LogP contribution in [0.5, 0.6) is 0 Å². The number of hydrogen-bond acceptors (Lipinski definition) is 5. The summed E-state index contributed by atoms with van der Waals surface area (Å²) < 4.78 is 35.5. The van der Waals surface area contributed by atoms with E-state index in [1.165, 1.54) is 12.1 Å². The number of sulfone groups is 1. The number of rotatable bonds is 10. The molecule has 1 amide bonds. The van der Waals surface area contributed by atoms with Gasteiger partial charge < -0.3 is 14.5 Å². The minimum Gasteiger partial charge on any atom is -0.455 e. The highest BCUT2D eigenvalue weighted by Gasteiger charge is 2.19. The first-order chi connectivity index (χ1) is 12.8. The van der Waals surface area contributed by atoms with E-state index in [1.54, 1.807) is 24.3 Å². The van der Waals surface area contributed by atoms with Gasteiger partial charge in [-0.1, -0.05) is 29.8 Å². The van der Waals surface area contributed by atoms with Gasteiger partial charge in [0.1, 0.15) is 11.5 Å². The number of carbonyl (C=O) groups is 1. The molecule has 0 fully saturated rings. The molecule has 0 saturated carbocycles. The Morgan fingerprint density at radius 2 is 1.93 bits per heavy atom. The number of carbonyl (C=O) groups excluding carboxylic acids is 1. The third-order valence-electron chi connectivity index (χ3n) is 3.64. The van der Waals surface area contributed by atoms with Crippen molar-refractivity contribution in [2.75, 3.05) is 13.2 Å². The zero-order valence-electron chi connectivity index (χ0n) is 15.4. The quantitative estimate of drug-likeness (QED) is 0.601. The van der Waals surface area contributed by atoms with Crippen molar-refractivity contribution < 1.29 is 22.4 Å². The third-order valence-corrected chi connectivity index (χ3v) is 5.48. The summed E-state index contributed by atoms with van der Waals surface area (Å²) in [7, 11) is -3.48. The Hall–Kier alpha value is -1.83. The van der Waals surface area contributed by atoms with Crippen molar-refractivity contribution >= 4 is 27.3 Å². The predicted molar refractivity (Wildman–Crippen MR) is 105 cm³/mol. The second kappa shape index (κ2) is 9.92. The summed E-state index contributed by atoms with van der Waals surface area (Å²) in [6.07, 6.45) is 0.838. The van der Waals surface area contributed by atoms with Crippen molar-refractivity contribution in [3.05, 3.63) is 58.5 Å². The van der Waals surface area contributed by atoms with Crippen molar-refractivity contribution in [2.24, 2.45) is 0 Å². The number of halogens is 1. The van der Waals surface area contributed by atoms with Gasteiger partial charge in [-0.05, 0) is 44.0 Å². The zero-order valence-corrected chi connectivity index (χ0v) is 17.0. The number of amides is 1. The molecule has 2 aromatic rings. The summed E-state index contributed by atoms with van der Waals surface area (Å²) >= 11 is 6.02. The Bertz CT molecular complexity index is 860. The van der Waals surface area contributed by atoms with Crippen LogP contribution < -0.4 is 5.32 Å². The van der Waals surface area contributed by atoms with Gasteiger partial charge in [-0.2, -0.15) is 0 Å². The van der Waals surface area contributed by atoms with Crippen LogP contribution in [0, 0.1) is 0 Å². The average Bonchev–Trinajstić information content (AvgIpc) is 3.04. The number of ether oxygens (including phenoxy) is 1. The van der Waals surface area contributed by atoms with Crippen molar-refractivity contribution in [1.29, 1.82) is 0 Å². The van der Waals surface area contributed by atoms with Crippen molar-refractivity contribution in [3.8, 4) is 0 Å². The highest BCUT2D eigenvalue weighted by Crippen LogP contribution is 2.20. The first-order valence-electron chi connectivity index (χ1n) is 8.69. The van der Waals surface area contributed by atoms with Crippen LogP contribution >= 0.6 is 11.6 Å². The smallest absolute Gasteiger partial charge is 0.286 e. The molecule has 0 unspecified atom stereocenters. The average molecular weight is 414 g/mol. The molecule has 0 spiro atoms. The van der Waals surface area contributed by atoms with Crippen LogP contribution in [0.1, 0.15) is 42.1 Å². The molecule has 0 aliphatic carbocycles. The summed E-state index contributed by atoms with van der Waals surface area (Å²) in [6, 6.07) is 9.77. The number of hydrogen-bond donors (Lipinski definition) is 1. The van der Waals surface area contributed by atoms with Gasteiger partial charge in [0.05, 0.1) is 11.9 Å².